The number of carboxylic acids is 1. The van der Waals surface area contributed by atoms with E-state index in [2.05, 4.69) is 9.97 Å². The van der Waals surface area contributed by atoms with Crippen LogP contribution in [0, 0.1) is 0 Å². The molecule has 0 unspecified atom stereocenters. The highest BCUT2D eigenvalue weighted by Crippen LogP contribution is 2.27. The first-order valence-corrected chi connectivity index (χ1v) is 8.31. The summed E-state index contributed by atoms with van der Waals surface area (Å²) in [4.78, 5) is 19.5. The summed E-state index contributed by atoms with van der Waals surface area (Å²) in [5.74, 6) is -0.904. The molecule has 2 heterocycles. The molecule has 21 heavy (non-hydrogen) atoms. The van der Waals surface area contributed by atoms with Gasteiger partial charge in [0.2, 0.25) is 0 Å². The second kappa shape index (κ2) is 6.05. The van der Waals surface area contributed by atoms with Crippen molar-refractivity contribution in [2.75, 3.05) is 5.75 Å². The van der Waals surface area contributed by atoms with E-state index in [-0.39, 0.29) is 5.75 Å². The standard InChI is InChI=1S/C13H10ClN3O2S2/c14-8-1-2-10-11(3-8)17(4-9-5-20-7-15-9)13(16-10)21-6-12(18)19/h1-3,5,7H,4,6H2,(H,18,19). The van der Waals surface area contributed by atoms with Crippen LogP contribution in [0.5, 0.6) is 0 Å². The van der Waals surface area contributed by atoms with E-state index >= 15 is 0 Å². The van der Waals surface area contributed by atoms with Gasteiger partial charge in [0.25, 0.3) is 0 Å². The second-order valence-electron chi connectivity index (χ2n) is 4.28. The van der Waals surface area contributed by atoms with Gasteiger partial charge in [-0.3, -0.25) is 4.79 Å². The van der Waals surface area contributed by atoms with Gasteiger partial charge >= 0.3 is 5.97 Å². The highest BCUT2D eigenvalue weighted by molar-refractivity contribution is 7.99. The van der Waals surface area contributed by atoms with E-state index in [1.807, 2.05) is 22.1 Å². The zero-order chi connectivity index (χ0) is 14.8. The zero-order valence-electron chi connectivity index (χ0n) is 10.7. The molecule has 0 aliphatic rings. The predicted molar refractivity (Wildman–Crippen MR) is 84.3 cm³/mol. The Balaban J connectivity index is 2.04. The number of rotatable bonds is 5. The van der Waals surface area contributed by atoms with Gasteiger partial charge in [0.05, 0.1) is 34.5 Å². The van der Waals surface area contributed by atoms with Crippen molar-refractivity contribution < 1.29 is 9.90 Å². The molecule has 8 heteroatoms. The molecule has 5 nitrogen and oxygen atoms in total. The number of aliphatic carboxylic acids is 1. The molecule has 0 aliphatic carbocycles. The van der Waals surface area contributed by atoms with Gasteiger partial charge in [0.1, 0.15) is 0 Å². The summed E-state index contributed by atoms with van der Waals surface area (Å²) in [5, 5.41) is 12.1. The molecule has 0 radical (unpaired) electrons. The molecular formula is C13H10ClN3O2S2. The summed E-state index contributed by atoms with van der Waals surface area (Å²) < 4.78 is 1.95. The minimum Gasteiger partial charge on any atom is -0.481 e. The maximum atomic E-state index is 10.8. The van der Waals surface area contributed by atoms with Crippen molar-refractivity contribution in [3.63, 3.8) is 0 Å². The average molecular weight is 340 g/mol. The van der Waals surface area contributed by atoms with Crippen LogP contribution in [0.1, 0.15) is 5.69 Å². The Bertz CT molecular complexity index is 786. The van der Waals surface area contributed by atoms with Crippen LogP contribution in [0.2, 0.25) is 5.02 Å². The molecule has 0 atom stereocenters. The Morgan fingerprint density at radius 3 is 3.05 bits per heavy atom. The van der Waals surface area contributed by atoms with E-state index in [9.17, 15) is 4.79 Å². The van der Waals surface area contributed by atoms with Crippen LogP contribution in [0.3, 0.4) is 0 Å². The number of carboxylic acid groups (broad SMARTS) is 1. The van der Waals surface area contributed by atoms with Gasteiger partial charge < -0.3 is 9.67 Å². The van der Waals surface area contributed by atoms with E-state index in [4.69, 9.17) is 16.7 Å². The van der Waals surface area contributed by atoms with Gasteiger partial charge in [-0.25, -0.2) is 9.97 Å². The van der Waals surface area contributed by atoms with E-state index < -0.39 is 5.97 Å². The van der Waals surface area contributed by atoms with Crippen LogP contribution < -0.4 is 0 Å². The van der Waals surface area contributed by atoms with Gasteiger partial charge in [-0.1, -0.05) is 23.4 Å². The van der Waals surface area contributed by atoms with E-state index in [1.54, 1.807) is 11.6 Å². The number of fused-ring (bicyclic) bond motifs is 1. The van der Waals surface area contributed by atoms with Gasteiger partial charge in [0.15, 0.2) is 5.16 Å². The largest absolute Gasteiger partial charge is 0.481 e. The first-order valence-electron chi connectivity index (χ1n) is 6.01. The van der Waals surface area contributed by atoms with Crippen molar-refractivity contribution in [1.29, 1.82) is 0 Å². The van der Waals surface area contributed by atoms with Crippen LogP contribution in [-0.2, 0) is 11.3 Å². The Labute approximate surface area is 133 Å². The van der Waals surface area contributed by atoms with Crippen molar-refractivity contribution in [3.8, 4) is 0 Å². The van der Waals surface area contributed by atoms with E-state index in [0.717, 1.165) is 16.7 Å². The topological polar surface area (TPSA) is 68.0 Å². The third kappa shape index (κ3) is 3.20. The van der Waals surface area contributed by atoms with Crippen LogP contribution >= 0.6 is 34.7 Å². The molecule has 0 saturated heterocycles. The van der Waals surface area contributed by atoms with Crippen LogP contribution in [0.15, 0.2) is 34.2 Å². The molecule has 0 amide bonds. The molecule has 0 saturated carbocycles. The number of hydrogen-bond donors (Lipinski definition) is 1. The van der Waals surface area contributed by atoms with Crippen LogP contribution in [0.25, 0.3) is 11.0 Å². The number of thioether (sulfide) groups is 1. The lowest BCUT2D eigenvalue weighted by Crippen LogP contribution is -2.04. The SMILES string of the molecule is O=C(O)CSc1nc2ccc(Cl)cc2n1Cc1cscn1. The highest BCUT2D eigenvalue weighted by atomic mass is 35.5. The van der Waals surface area contributed by atoms with Crippen molar-refractivity contribution in [1.82, 2.24) is 14.5 Å². The molecule has 0 aliphatic heterocycles. The molecule has 1 aromatic carbocycles. The smallest absolute Gasteiger partial charge is 0.313 e. The van der Waals surface area contributed by atoms with Crippen molar-refractivity contribution >= 4 is 51.7 Å². The third-order valence-corrected chi connectivity index (χ3v) is 4.64. The first-order chi connectivity index (χ1) is 10.1. The Morgan fingerprint density at radius 1 is 1.48 bits per heavy atom. The predicted octanol–water partition coefficient (Wildman–Crippen LogP) is 3.37. The number of nitrogens with zero attached hydrogens (tertiary/aromatic N) is 3. The van der Waals surface area contributed by atoms with Crippen molar-refractivity contribution in [3.05, 3.63) is 39.8 Å². The summed E-state index contributed by atoms with van der Waals surface area (Å²) in [6.07, 6.45) is 0. The molecule has 0 fully saturated rings. The molecule has 108 valence electrons. The fourth-order valence-electron chi connectivity index (χ4n) is 1.94. The highest BCUT2D eigenvalue weighted by Gasteiger charge is 2.14. The van der Waals surface area contributed by atoms with Crippen LogP contribution in [-0.4, -0.2) is 31.4 Å². The lowest BCUT2D eigenvalue weighted by Gasteiger charge is -2.06. The second-order valence-corrected chi connectivity index (χ2v) is 6.37. The quantitative estimate of drug-likeness (QED) is 0.722. The summed E-state index contributed by atoms with van der Waals surface area (Å²) in [6, 6.07) is 5.44. The van der Waals surface area contributed by atoms with E-state index in [1.165, 1.54) is 23.1 Å². The lowest BCUT2D eigenvalue weighted by molar-refractivity contribution is -0.133. The first kappa shape index (κ1) is 14.4. The number of imidazole rings is 1. The molecule has 3 rings (SSSR count). The Morgan fingerprint density at radius 2 is 2.33 bits per heavy atom. The molecule has 0 bridgehead atoms. The average Bonchev–Trinajstić information content (AvgIpc) is 3.06. The monoisotopic (exact) mass is 339 g/mol. The summed E-state index contributed by atoms with van der Waals surface area (Å²) >= 11 is 8.77. The number of thiazole rings is 1. The normalized spacial score (nSPS) is 11.1. The van der Waals surface area contributed by atoms with Gasteiger partial charge in [-0.2, -0.15) is 0 Å². The van der Waals surface area contributed by atoms with Gasteiger partial charge in [-0.05, 0) is 18.2 Å². The minimum absolute atomic E-state index is 0.0336. The fourth-order valence-corrected chi connectivity index (χ4v) is 3.39. The summed E-state index contributed by atoms with van der Waals surface area (Å²) in [5.41, 5.74) is 4.35. The van der Waals surface area contributed by atoms with Gasteiger partial charge in [0, 0.05) is 10.4 Å². The molecule has 3 aromatic rings. The Kier molecular flexibility index (Phi) is 4.14. The third-order valence-electron chi connectivity index (χ3n) is 2.80. The van der Waals surface area contributed by atoms with Crippen LogP contribution in [0.4, 0.5) is 0 Å². The summed E-state index contributed by atoms with van der Waals surface area (Å²) in [7, 11) is 0. The lowest BCUT2D eigenvalue weighted by atomic mass is 10.3. The number of aromatic nitrogens is 3. The number of hydrogen-bond acceptors (Lipinski definition) is 5. The number of benzene rings is 1. The van der Waals surface area contributed by atoms with E-state index in [0.29, 0.717) is 16.7 Å². The maximum Gasteiger partial charge on any atom is 0.313 e. The number of halogens is 1. The van der Waals surface area contributed by atoms with Crippen molar-refractivity contribution in [2.45, 2.75) is 11.7 Å². The molecular weight excluding hydrogens is 330 g/mol. The molecule has 1 N–H and O–H groups in total. The van der Waals surface area contributed by atoms with Crippen molar-refractivity contribution in [2.24, 2.45) is 0 Å². The van der Waals surface area contributed by atoms with Gasteiger partial charge in [-0.15, -0.1) is 11.3 Å². The summed E-state index contributed by atoms with van der Waals surface area (Å²) in [6.45, 7) is 0.544. The molecule has 2 aromatic heterocycles. The Hall–Kier alpha value is -1.57. The minimum atomic E-state index is -0.870. The fraction of sp³-hybridized carbons (Fsp3) is 0.154. The zero-order valence-corrected chi connectivity index (χ0v) is 13.1. The molecule has 0 spiro atoms. The number of carbonyl (C=O) groups is 1. The maximum absolute atomic E-state index is 10.8.